The predicted octanol–water partition coefficient (Wildman–Crippen LogP) is 3.36. The highest BCUT2D eigenvalue weighted by Gasteiger charge is 2.47. The molecule has 1 heteroatoms. The lowest BCUT2D eigenvalue weighted by Crippen LogP contribution is -2.18. The molecule has 0 spiro atoms. The molecule has 0 aromatic heterocycles. The Balaban J connectivity index is 2.14. The minimum atomic E-state index is -0.465. The van der Waals surface area contributed by atoms with E-state index in [4.69, 9.17) is 0 Å². The van der Waals surface area contributed by atoms with Crippen molar-refractivity contribution in [3.63, 3.8) is 0 Å². The maximum atomic E-state index is 9.56. The molecule has 0 saturated heterocycles. The molecule has 1 fully saturated rings. The van der Waals surface area contributed by atoms with Gasteiger partial charge in [0.15, 0.2) is 0 Å². The highest BCUT2D eigenvalue weighted by Crippen LogP contribution is 2.57. The summed E-state index contributed by atoms with van der Waals surface area (Å²) in [6.07, 6.45) is 6.17. The molecule has 78 valence electrons. The van der Waals surface area contributed by atoms with Gasteiger partial charge in [0.2, 0.25) is 0 Å². The molecule has 0 aliphatic heterocycles. The molecule has 0 aromatic carbocycles. The second-order valence-corrected chi connectivity index (χ2v) is 5.63. The summed E-state index contributed by atoms with van der Waals surface area (Å²) in [5.74, 6) is 0.967. The van der Waals surface area contributed by atoms with E-state index in [0.717, 1.165) is 12.3 Å². The molecule has 1 aliphatic carbocycles. The molecule has 0 bridgehead atoms. The third kappa shape index (κ3) is 3.30. The van der Waals surface area contributed by atoms with Crippen molar-refractivity contribution in [1.29, 1.82) is 0 Å². The molecule has 0 heterocycles. The standard InChI is InChI=1S/C12H24O/c1-5-10-9-12(10,4)8-6-7-11(2,3)13/h10,13H,5-9H2,1-4H3. The molecule has 1 saturated carbocycles. The van der Waals surface area contributed by atoms with Crippen LogP contribution in [0.5, 0.6) is 0 Å². The molecule has 2 unspecified atom stereocenters. The lowest BCUT2D eigenvalue weighted by atomic mass is 9.93. The third-order valence-electron chi connectivity index (χ3n) is 3.57. The van der Waals surface area contributed by atoms with E-state index in [1.807, 2.05) is 13.8 Å². The zero-order valence-electron chi connectivity index (χ0n) is 9.56. The zero-order chi connectivity index (χ0) is 10.1. The molecule has 1 nitrogen and oxygen atoms in total. The van der Waals surface area contributed by atoms with Crippen LogP contribution < -0.4 is 0 Å². The molecular weight excluding hydrogens is 160 g/mol. The summed E-state index contributed by atoms with van der Waals surface area (Å²) in [5, 5.41) is 9.56. The Morgan fingerprint density at radius 1 is 1.46 bits per heavy atom. The van der Waals surface area contributed by atoms with Crippen LogP contribution in [0.25, 0.3) is 0 Å². The normalized spacial score (nSPS) is 33.5. The fourth-order valence-corrected chi connectivity index (χ4v) is 2.37. The van der Waals surface area contributed by atoms with Crippen molar-refractivity contribution in [2.24, 2.45) is 11.3 Å². The van der Waals surface area contributed by atoms with Gasteiger partial charge in [-0.25, -0.2) is 0 Å². The summed E-state index contributed by atoms with van der Waals surface area (Å²) >= 11 is 0. The van der Waals surface area contributed by atoms with Crippen LogP contribution in [-0.2, 0) is 0 Å². The van der Waals surface area contributed by atoms with Crippen LogP contribution in [0.15, 0.2) is 0 Å². The lowest BCUT2D eigenvalue weighted by molar-refractivity contribution is 0.0664. The van der Waals surface area contributed by atoms with Gasteiger partial charge in [-0.05, 0) is 44.4 Å². The van der Waals surface area contributed by atoms with E-state index in [-0.39, 0.29) is 0 Å². The molecule has 1 aliphatic rings. The molecule has 1 rings (SSSR count). The van der Waals surface area contributed by atoms with Crippen LogP contribution in [0.3, 0.4) is 0 Å². The van der Waals surface area contributed by atoms with Crippen molar-refractivity contribution in [3.8, 4) is 0 Å². The van der Waals surface area contributed by atoms with Crippen molar-refractivity contribution in [3.05, 3.63) is 0 Å². The Kier molecular flexibility index (Phi) is 3.06. The predicted molar refractivity (Wildman–Crippen MR) is 56.7 cm³/mol. The van der Waals surface area contributed by atoms with E-state index in [0.29, 0.717) is 5.41 Å². The molecule has 2 atom stereocenters. The van der Waals surface area contributed by atoms with Gasteiger partial charge in [0.05, 0.1) is 5.60 Å². The quantitative estimate of drug-likeness (QED) is 0.694. The second kappa shape index (κ2) is 3.61. The minimum Gasteiger partial charge on any atom is -0.390 e. The highest BCUT2D eigenvalue weighted by atomic mass is 16.3. The minimum absolute atomic E-state index is 0.465. The van der Waals surface area contributed by atoms with Gasteiger partial charge in [-0.3, -0.25) is 0 Å². The zero-order valence-corrected chi connectivity index (χ0v) is 9.56. The van der Waals surface area contributed by atoms with Gasteiger partial charge < -0.3 is 5.11 Å². The second-order valence-electron chi connectivity index (χ2n) is 5.63. The van der Waals surface area contributed by atoms with E-state index in [1.165, 1.54) is 25.7 Å². The first-order chi connectivity index (χ1) is 5.87. The Hall–Kier alpha value is -0.0400. The van der Waals surface area contributed by atoms with Crippen LogP contribution in [0.1, 0.15) is 59.8 Å². The molecule has 0 amide bonds. The van der Waals surface area contributed by atoms with E-state index >= 15 is 0 Å². The van der Waals surface area contributed by atoms with Crippen molar-refractivity contribution in [1.82, 2.24) is 0 Å². The SMILES string of the molecule is CCC1CC1(C)CCCC(C)(C)O. The number of aliphatic hydroxyl groups is 1. The fraction of sp³-hybridized carbons (Fsp3) is 1.00. The van der Waals surface area contributed by atoms with E-state index in [2.05, 4.69) is 13.8 Å². The third-order valence-corrected chi connectivity index (χ3v) is 3.57. The Labute approximate surface area is 82.5 Å². The van der Waals surface area contributed by atoms with Crippen molar-refractivity contribution in [2.75, 3.05) is 0 Å². The smallest absolute Gasteiger partial charge is 0.0591 e. The average Bonchev–Trinajstić information content (AvgIpc) is 2.59. The van der Waals surface area contributed by atoms with Gasteiger partial charge in [-0.15, -0.1) is 0 Å². The number of rotatable bonds is 5. The summed E-state index contributed by atoms with van der Waals surface area (Å²) < 4.78 is 0. The fourth-order valence-electron chi connectivity index (χ4n) is 2.37. The average molecular weight is 184 g/mol. The largest absolute Gasteiger partial charge is 0.390 e. The summed E-state index contributed by atoms with van der Waals surface area (Å²) in [5.41, 5.74) is 0.160. The summed E-state index contributed by atoms with van der Waals surface area (Å²) in [4.78, 5) is 0. The Morgan fingerprint density at radius 2 is 2.08 bits per heavy atom. The maximum absolute atomic E-state index is 9.56. The van der Waals surface area contributed by atoms with E-state index < -0.39 is 5.60 Å². The van der Waals surface area contributed by atoms with Crippen molar-refractivity contribution < 1.29 is 5.11 Å². The van der Waals surface area contributed by atoms with Crippen LogP contribution in [0.4, 0.5) is 0 Å². The Bertz CT molecular complexity index is 168. The van der Waals surface area contributed by atoms with Crippen LogP contribution >= 0.6 is 0 Å². The summed E-state index contributed by atoms with van der Waals surface area (Å²) in [6, 6.07) is 0. The van der Waals surface area contributed by atoms with Crippen molar-refractivity contribution in [2.45, 2.75) is 65.4 Å². The highest BCUT2D eigenvalue weighted by molar-refractivity contribution is 4.97. The van der Waals surface area contributed by atoms with Gasteiger partial charge in [0.1, 0.15) is 0 Å². The topological polar surface area (TPSA) is 20.2 Å². The van der Waals surface area contributed by atoms with E-state index in [9.17, 15) is 5.11 Å². The summed E-state index contributed by atoms with van der Waals surface area (Å²) in [7, 11) is 0. The first-order valence-corrected chi connectivity index (χ1v) is 5.60. The van der Waals surface area contributed by atoms with Gasteiger partial charge in [0, 0.05) is 0 Å². The van der Waals surface area contributed by atoms with Gasteiger partial charge >= 0.3 is 0 Å². The first kappa shape index (κ1) is 11.0. The van der Waals surface area contributed by atoms with Gasteiger partial charge in [-0.2, -0.15) is 0 Å². The molecule has 13 heavy (non-hydrogen) atoms. The Morgan fingerprint density at radius 3 is 2.46 bits per heavy atom. The summed E-state index contributed by atoms with van der Waals surface area (Å²) in [6.45, 7) is 8.48. The first-order valence-electron chi connectivity index (χ1n) is 5.60. The molecule has 1 N–H and O–H groups in total. The molecule has 0 aromatic rings. The number of hydrogen-bond acceptors (Lipinski definition) is 1. The molecular formula is C12H24O. The van der Waals surface area contributed by atoms with Crippen molar-refractivity contribution >= 4 is 0 Å². The monoisotopic (exact) mass is 184 g/mol. The lowest BCUT2D eigenvalue weighted by Gasteiger charge is -2.18. The van der Waals surface area contributed by atoms with Crippen LogP contribution in [0, 0.1) is 11.3 Å². The van der Waals surface area contributed by atoms with Gasteiger partial charge in [0.25, 0.3) is 0 Å². The maximum Gasteiger partial charge on any atom is 0.0591 e. The van der Waals surface area contributed by atoms with Crippen LogP contribution in [0.2, 0.25) is 0 Å². The van der Waals surface area contributed by atoms with Crippen LogP contribution in [-0.4, -0.2) is 10.7 Å². The van der Waals surface area contributed by atoms with E-state index in [1.54, 1.807) is 0 Å². The number of hydrogen-bond donors (Lipinski definition) is 1. The van der Waals surface area contributed by atoms with Gasteiger partial charge in [-0.1, -0.05) is 26.7 Å². The molecule has 0 radical (unpaired) electrons.